The normalized spacial score (nSPS) is 16.5. The molecule has 6 rings (SSSR count). The molecule has 250 valence electrons. The number of anilines is 3. The number of benzene rings is 4. The van der Waals surface area contributed by atoms with Gasteiger partial charge in [-0.15, -0.1) is 0 Å². The monoisotopic (exact) mass is 667 g/mol. The van der Waals surface area contributed by atoms with Crippen molar-refractivity contribution < 1.29 is 31.1 Å². The van der Waals surface area contributed by atoms with E-state index in [0.717, 1.165) is 27.1 Å². The molecule has 0 saturated carbocycles. The average Bonchev–Trinajstić information content (AvgIpc) is 3.52. The summed E-state index contributed by atoms with van der Waals surface area (Å²) in [6.45, 7) is 5.67. The molecule has 6 nitrogen and oxygen atoms in total. The van der Waals surface area contributed by atoms with Crippen molar-refractivity contribution in [1.82, 2.24) is 4.90 Å². The van der Waals surface area contributed by atoms with Gasteiger partial charge in [0.25, 0.3) is 10.9 Å². The molecular formula is C36H31F6N3O3. The standard InChI is InChI=1S/C36H31F6N3O3/c1-34(2,3)32(44-29-28(30(46)31(29)47)43-22-17-20(35(37,38)39)16-21(18-22)36(40,41)42)33(48)45-14-8-13-27(45)26-15-19-9-4-5-10-23(19)24-11-6-7-12-25(24)26/h4-7,9-12,15-18,27,32,43-44H,8,13-14H2,1-3H3/t27-,32-/m1/s1. The van der Waals surface area contributed by atoms with Gasteiger partial charge in [-0.2, -0.15) is 26.3 Å². The highest BCUT2D eigenvalue weighted by molar-refractivity contribution is 6.09. The van der Waals surface area contributed by atoms with Gasteiger partial charge in [-0.05, 0) is 69.6 Å². The van der Waals surface area contributed by atoms with Gasteiger partial charge in [0.2, 0.25) is 5.91 Å². The number of fused-ring (bicyclic) bond motifs is 3. The number of likely N-dealkylation sites (tertiary alicyclic amines) is 1. The third kappa shape index (κ3) is 5.99. The third-order valence-corrected chi connectivity index (χ3v) is 8.86. The number of alkyl halides is 6. The van der Waals surface area contributed by atoms with Crippen molar-refractivity contribution in [3.8, 4) is 0 Å². The third-order valence-electron chi connectivity index (χ3n) is 8.86. The van der Waals surface area contributed by atoms with Crippen LogP contribution in [0, 0.1) is 5.41 Å². The molecule has 5 aromatic carbocycles. The van der Waals surface area contributed by atoms with Crippen molar-refractivity contribution >= 4 is 44.5 Å². The summed E-state index contributed by atoms with van der Waals surface area (Å²) in [5.74, 6) is -0.361. The van der Waals surface area contributed by atoms with Gasteiger partial charge in [0.05, 0.1) is 17.2 Å². The zero-order valence-electron chi connectivity index (χ0n) is 26.1. The van der Waals surface area contributed by atoms with Crippen LogP contribution in [0.1, 0.15) is 56.3 Å². The highest BCUT2D eigenvalue weighted by atomic mass is 19.4. The summed E-state index contributed by atoms with van der Waals surface area (Å²) in [6.07, 6.45) is -8.84. The molecule has 0 spiro atoms. The summed E-state index contributed by atoms with van der Waals surface area (Å²) in [7, 11) is 0. The van der Waals surface area contributed by atoms with Crippen LogP contribution in [0.5, 0.6) is 0 Å². The van der Waals surface area contributed by atoms with E-state index in [2.05, 4.69) is 16.7 Å². The number of carbonyl (C=O) groups excluding carboxylic acids is 1. The predicted molar refractivity (Wildman–Crippen MR) is 173 cm³/mol. The van der Waals surface area contributed by atoms with Gasteiger partial charge in [0.1, 0.15) is 17.4 Å². The Morgan fingerprint density at radius 2 is 1.33 bits per heavy atom. The Hall–Kier alpha value is -4.87. The fourth-order valence-electron chi connectivity index (χ4n) is 6.49. The number of nitrogens with zero attached hydrogens (tertiary/aromatic N) is 1. The lowest BCUT2D eigenvalue weighted by molar-refractivity contribution is -0.143. The van der Waals surface area contributed by atoms with E-state index in [-0.39, 0.29) is 23.7 Å². The maximum atomic E-state index is 14.4. The minimum atomic E-state index is -5.11. The van der Waals surface area contributed by atoms with Gasteiger partial charge in [0, 0.05) is 12.2 Å². The first-order valence-corrected chi connectivity index (χ1v) is 15.3. The van der Waals surface area contributed by atoms with Gasteiger partial charge < -0.3 is 15.5 Å². The Morgan fingerprint density at radius 3 is 1.94 bits per heavy atom. The molecule has 2 N–H and O–H groups in total. The van der Waals surface area contributed by atoms with Crippen LogP contribution in [0.15, 0.2) is 82.4 Å². The number of rotatable bonds is 6. The van der Waals surface area contributed by atoms with Crippen LogP contribution in [0.4, 0.5) is 43.4 Å². The SMILES string of the molecule is CC(C)(C)[C@H](Nc1c(Nc2cc(C(F)(F)F)cc(C(F)(F)F)c2)c(=O)c1=O)C(=O)N1CCC[C@@H]1c1cc2ccccc2c2ccccc12. The minimum Gasteiger partial charge on any atom is -0.368 e. The van der Waals surface area contributed by atoms with E-state index >= 15 is 0 Å². The van der Waals surface area contributed by atoms with Gasteiger partial charge in [-0.3, -0.25) is 14.4 Å². The van der Waals surface area contributed by atoms with Crippen molar-refractivity contribution in [1.29, 1.82) is 0 Å². The Morgan fingerprint density at radius 1 is 0.771 bits per heavy atom. The summed E-state index contributed by atoms with van der Waals surface area (Å²) < 4.78 is 80.8. The Kier molecular flexibility index (Phi) is 8.04. The van der Waals surface area contributed by atoms with Crippen LogP contribution in [0.3, 0.4) is 0 Å². The van der Waals surface area contributed by atoms with Crippen LogP contribution >= 0.6 is 0 Å². The second-order valence-corrected chi connectivity index (χ2v) is 13.2. The summed E-state index contributed by atoms with van der Waals surface area (Å²) in [5.41, 5.74) is -6.82. The summed E-state index contributed by atoms with van der Waals surface area (Å²) >= 11 is 0. The van der Waals surface area contributed by atoms with Gasteiger partial charge in [-0.1, -0.05) is 69.3 Å². The van der Waals surface area contributed by atoms with Crippen LogP contribution in [0.25, 0.3) is 21.5 Å². The largest absolute Gasteiger partial charge is 0.416 e. The molecule has 1 fully saturated rings. The zero-order chi connectivity index (χ0) is 34.8. The highest BCUT2D eigenvalue weighted by Crippen LogP contribution is 2.42. The van der Waals surface area contributed by atoms with E-state index in [9.17, 15) is 40.7 Å². The first kappa shape index (κ1) is 33.0. The lowest BCUT2D eigenvalue weighted by Crippen LogP contribution is -2.51. The van der Waals surface area contributed by atoms with Crippen LogP contribution in [0.2, 0.25) is 0 Å². The molecule has 0 bridgehead atoms. The second-order valence-electron chi connectivity index (χ2n) is 13.2. The number of amides is 1. The van der Waals surface area contributed by atoms with Crippen LogP contribution in [-0.4, -0.2) is 23.4 Å². The number of carbonyl (C=O) groups is 1. The maximum Gasteiger partial charge on any atom is 0.416 e. The molecule has 0 aliphatic carbocycles. The fourth-order valence-corrected chi connectivity index (χ4v) is 6.49. The van der Waals surface area contributed by atoms with Crippen molar-refractivity contribution in [2.75, 3.05) is 17.2 Å². The molecule has 1 heterocycles. The van der Waals surface area contributed by atoms with Crippen LogP contribution in [-0.2, 0) is 17.1 Å². The van der Waals surface area contributed by atoms with E-state index in [1.54, 1.807) is 25.7 Å². The minimum absolute atomic E-state index is 0.0357. The fraction of sp³-hybridized carbons (Fsp3) is 0.306. The summed E-state index contributed by atoms with van der Waals surface area (Å²) in [5, 5.41) is 9.27. The zero-order valence-corrected chi connectivity index (χ0v) is 26.1. The molecular weight excluding hydrogens is 636 g/mol. The molecule has 48 heavy (non-hydrogen) atoms. The molecule has 1 saturated heterocycles. The van der Waals surface area contributed by atoms with Crippen molar-refractivity contribution in [2.45, 2.75) is 58.0 Å². The van der Waals surface area contributed by atoms with Crippen molar-refractivity contribution in [3.05, 3.63) is 110 Å². The highest BCUT2D eigenvalue weighted by Gasteiger charge is 2.42. The molecule has 2 atom stereocenters. The van der Waals surface area contributed by atoms with Gasteiger partial charge >= 0.3 is 12.4 Å². The first-order valence-electron chi connectivity index (χ1n) is 15.3. The average molecular weight is 668 g/mol. The molecule has 0 aromatic heterocycles. The van der Waals surface area contributed by atoms with E-state index in [0.29, 0.717) is 31.5 Å². The Balaban J connectivity index is 1.35. The van der Waals surface area contributed by atoms with Crippen molar-refractivity contribution in [3.63, 3.8) is 0 Å². The Labute approximate surface area is 271 Å². The number of halogens is 6. The summed E-state index contributed by atoms with van der Waals surface area (Å²) in [6, 6.07) is 17.4. The molecule has 1 amide bonds. The molecule has 0 unspecified atom stereocenters. The lowest BCUT2D eigenvalue weighted by Gasteiger charge is -2.37. The number of hydrogen-bond donors (Lipinski definition) is 2. The van der Waals surface area contributed by atoms with Gasteiger partial charge in [0.15, 0.2) is 0 Å². The number of nitrogens with one attached hydrogen (secondary N) is 2. The quantitative estimate of drug-likeness (QED) is 0.108. The molecule has 12 heteroatoms. The smallest absolute Gasteiger partial charge is 0.368 e. The molecule has 5 aromatic rings. The second kappa shape index (κ2) is 11.7. The lowest BCUT2D eigenvalue weighted by atomic mass is 9.84. The summed E-state index contributed by atoms with van der Waals surface area (Å²) in [4.78, 5) is 41.5. The predicted octanol–water partition coefficient (Wildman–Crippen LogP) is 8.56. The van der Waals surface area contributed by atoms with E-state index in [1.165, 1.54) is 0 Å². The van der Waals surface area contributed by atoms with E-state index < -0.39 is 57.2 Å². The van der Waals surface area contributed by atoms with Crippen molar-refractivity contribution in [2.24, 2.45) is 5.41 Å². The van der Waals surface area contributed by atoms with E-state index in [4.69, 9.17) is 0 Å². The first-order chi connectivity index (χ1) is 22.4. The number of hydrogen-bond acceptors (Lipinski definition) is 5. The molecule has 0 radical (unpaired) electrons. The topological polar surface area (TPSA) is 78.5 Å². The molecule has 1 aliphatic rings. The molecule has 1 aliphatic heterocycles. The van der Waals surface area contributed by atoms with Gasteiger partial charge in [-0.25, -0.2) is 0 Å². The maximum absolute atomic E-state index is 14.4. The van der Waals surface area contributed by atoms with E-state index in [1.807, 2.05) is 48.5 Å². The Bertz CT molecular complexity index is 2090. The van der Waals surface area contributed by atoms with Crippen LogP contribution < -0.4 is 21.5 Å².